The molecule has 11 heteroatoms. The molecule has 0 spiro atoms. The number of anilines is 3. The highest BCUT2D eigenvalue weighted by Crippen LogP contribution is 2.42. The standard InChI is InChI=1S/C32H33F4N5O2/c1-19-14-23(32(34,35)36)16-27(37-19)41-28(42)15-22-18-40(17-20-9-11-21(12-10-20)25-8-5-13-38(25)2)30-24(33)6-4-7-26(30)39(3)31(43)29(22)41/h4,6-7,9-12,14,16,22,25,29H,5,8,13,15,17-18H2,1-3H3/t22-,25+,29+/m1/s1. The van der Waals surface area contributed by atoms with Gasteiger partial charge in [-0.3, -0.25) is 19.4 Å². The summed E-state index contributed by atoms with van der Waals surface area (Å²) in [6.45, 7) is 2.93. The number of aromatic nitrogens is 1. The number of halogens is 4. The van der Waals surface area contributed by atoms with Gasteiger partial charge in [0.05, 0.1) is 16.9 Å². The fourth-order valence-corrected chi connectivity index (χ4v) is 6.80. The summed E-state index contributed by atoms with van der Waals surface area (Å²) in [6.07, 6.45) is -2.50. The molecule has 2 fully saturated rings. The van der Waals surface area contributed by atoms with Crippen molar-refractivity contribution in [2.24, 2.45) is 5.92 Å². The van der Waals surface area contributed by atoms with E-state index in [1.54, 1.807) is 6.07 Å². The van der Waals surface area contributed by atoms with E-state index in [0.29, 0.717) is 18.3 Å². The van der Waals surface area contributed by atoms with Gasteiger partial charge in [0, 0.05) is 44.2 Å². The van der Waals surface area contributed by atoms with E-state index in [1.807, 2.05) is 17.0 Å². The third kappa shape index (κ3) is 5.35. The van der Waals surface area contributed by atoms with Crippen LogP contribution in [0.5, 0.6) is 0 Å². The molecule has 0 unspecified atom stereocenters. The fourth-order valence-electron chi connectivity index (χ4n) is 6.80. The van der Waals surface area contributed by atoms with Crippen LogP contribution in [0.25, 0.3) is 0 Å². The van der Waals surface area contributed by atoms with Gasteiger partial charge in [-0.05, 0) is 68.8 Å². The van der Waals surface area contributed by atoms with Gasteiger partial charge in [0.15, 0.2) is 0 Å². The number of fused-ring (bicyclic) bond motifs is 2. The van der Waals surface area contributed by atoms with E-state index >= 15 is 4.39 Å². The molecule has 6 rings (SSSR count). The van der Waals surface area contributed by atoms with Gasteiger partial charge >= 0.3 is 6.18 Å². The quantitative estimate of drug-likeness (QED) is 0.362. The summed E-state index contributed by atoms with van der Waals surface area (Å²) in [5, 5.41) is 0. The summed E-state index contributed by atoms with van der Waals surface area (Å²) in [5.74, 6) is -2.34. The average molecular weight is 596 g/mol. The van der Waals surface area contributed by atoms with E-state index in [2.05, 4.69) is 29.1 Å². The van der Waals surface area contributed by atoms with Crippen molar-refractivity contribution in [1.29, 1.82) is 0 Å². The number of carbonyl (C=O) groups excluding carboxylic acids is 2. The number of likely N-dealkylation sites (tertiary alicyclic amines) is 1. The van der Waals surface area contributed by atoms with Crippen molar-refractivity contribution >= 4 is 29.0 Å². The highest BCUT2D eigenvalue weighted by atomic mass is 19.4. The van der Waals surface area contributed by atoms with E-state index in [0.717, 1.165) is 42.0 Å². The number of likely N-dealkylation sites (N-methyl/N-ethyl adjacent to an activating group) is 1. The number of nitrogens with zero attached hydrogens (tertiary/aromatic N) is 5. The molecular formula is C32H33F4N5O2. The van der Waals surface area contributed by atoms with E-state index in [4.69, 9.17) is 0 Å². The lowest BCUT2D eigenvalue weighted by Crippen LogP contribution is -2.52. The minimum atomic E-state index is -4.65. The lowest BCUT2D eigenvalue weighted by molar-refractivity contribution is -0.137. The normalized spacial score (nSPS) is 23.0. The minimum Gasteiger partial charge on any atom is -0.363 e. The number of para-hydroxylation sites is 1. The second-order valence-corrected chi connectivity index (χ2v) is 11.8. The molecule has 2 saturated heterocycles. The maximum atomic E-state index is 15.5. The van der Waals surface area contributed by atoms with Crippen LogP contribution in [0.15, 0.2) is 54.6 Å². The Labute approximate surface area is 247 Å². The molecule has 2 amide bonds. The monoisotopic (exact) mass is 595 g/mol. The van der Waals surface area contributed by atoms with E-state index in [1.165, 1.54) is 36.6 Å². The Balaban J connectivity index is 1.38. The van der Waals surface area contributed by atoms with Gasteiger partial charge in [0.1, 0.15) is 17.7 Å². The molecule has 3 aliphatic heterocycles. The molecule has 3 aromatic rings. The van der Waals surface area contributed by atoms with Crippen LogP contribution in [0.1, 0.15) is 47.7 Å². The Morgan fingerprint density at radius 1 is 1.02 bits per heavy atom. The zero-order valence-electron chi connectivity index (χ0n) is 24.2. The van der Waals surface area contributed by atoms with Gasteiger partial charge in [-0.25, -0.2) is 9.37 Å². The molecule has 43 heavy (non-hydrogen) atoms. The SMILES string of the molecule is Cc1cc(C(F)(F)F)cc(N2C(=O)C[C@@H]3CN(Cc4ccc([C@@H]5CCCN5C)cc4)c4c(F)cccc4N(C)C(=O)[C@H]32)n1. The zero-order chi connectivity index (χ0) is 30.6. The molecule has 0 radical (unpaired) electrons. The van der Waals surface area contributed by atoms with Gasteiger partial charge < -0.3 is 9.80 Å². The van der Waals surface area contributed by atoms with Crippen molar-refractivity contribution in [1.82, 2.24) is 9.88 Å². The van der Waals surface area contributed by atoms with Gasteiger partial charge in [0.25, 0.3) is 0 Å². The largest absolute Gasteiger partial charge is 0.416 e. The summed E-state index contributed by atoms with van der Waals surface area (Å²) >= 11 is 0. The Morgan fingerprint density at radius 2 is 1.77 bits per heavy atom. The topological polar surface area (TPSA) is 60.0 Å². The van der Waals surface area contributed by atoms with E-state index in [-0.39, 0.29) is 30.2 Å². The molecular weight excluding hydrogens is 562 g/mol. The average Bonchev–Trinajstić information content (AvgIpc) is 3.53. The third-order valence-electron chi connectivity index (χ3n) is 8.88. The number of hydrogen-bond acceptors (Lipinski definition) is 5. The van der Waals surface area contributed by atoms with Crippen molar-refractivity contribution in [2.75, 3.05) is 41.9 Å². The molecule has 1 aromatic heterocycles. The van der Waals surface area contributed by atoms with Crippen molar-refractivity contribution in [3.63, 3.8) is 0 Å². The first-order valence-corrected chi connectivity index (χ1v) is 14.4. The van der Waals surface area contributed by atoms with Crippen molar-refractivity contribution in [2.45, 2.75) is 51.0 Å². The Hall–Kier alpha value is -3.99. The van der Waals surface area contributed by atoms with Crippen LogP contribution in [0.2, 0.25) is 0 Å². The maximum Gasteiger partial charge on any atom is 0.416 e. The second-order valence-electron chi connectivity index (χ2n) is 11.8. The summed E-state index contributed by atoms with van der Waals surface area (Å²) in [6, 6.07) is 13.7. The highest BCUT2D eigenvalue weighted by Gasteiger charge is 2.49. The molecule has 3 aliphatic rings. The molecule has 0 bridgehead atoms. The predicted octanol–water partition coefficient (Wildman–Crippen LogP) is 5.72. The van der Waals surface area contributed by atoms with Gasteiger partial charge in [-0.2, -0.15) is 13.2 Å². The van der Waals surface area contributed by atoms with E-state index < -0.39 is 41.3 Å². The molecule has 2 aromatic carbocycles. The smallest absolute Gasteiger partial charge is 0.363 e. The Kier molecular flexibility index (Phi) is 7.40. The molecule has 0 aliphatic carbocycles. The number of amides is 2. The molecule has 3 atom stereocenters. The van der Waals surface area contributed by atoms with Gasteiger partial charge in [-0.1, -0.05) is 30.3 Å². The van der Waals surface area contributed by atoms with Crippen LogP contribution < -0.4 is 14.7 Å². The lowest BCUT2D eigenvalue weighted by Gasteiger charge is -2.39. The summed E-state index contributed by atoms with van der Waals surface area (Å²) < 4.78 is 56.5. The first-order chi connectivity index (χ1) is 20.4. The molecule has 7 nitrogen and oxygen atoms in total. The molecule has 0 N–H and O–H groups in total. The summed E-state index contributed by atoms with van der Waals surface area (Å²) in [5.41, 5.74) is 1.85. The van der Waals surface area contributed by atoms with Crippen LogP contribution in [0.3, 0.4) is 0 Å². The number of rotatable bonds is 4. The fraction of sp³-hybridized carbons (Fsp3) is 0.406. The van der Waals surface area contributed by atoms with Gasteiger partial charge in [0.2, 0.25) is 11.8 Å². The van der Waals surface area contributed by atoms with E-state index in [9.17, 15) is 22.8 Å². The molecule has 4 heterocycles. The minimum absolute atomic E-state index is 0.0778. The lowest BCUT2D eigenvalue weighted by atomic mass is 9.95. The Morgan fingerprint density at radius 3 is 2.44 bits per heavy atom. The maximum absolute atomic E-state index is 15.5. The van der Waals surface area contributed by atoms with Crippen LogP contribution in [-0.4, -0.2) is 54.9 Å². The zero-order valence-corrected chi connectivity index (χ0v) is 24.2. The predicted molar refractivity (Wildman–Crippen MR) is 155 cm³/mol. The second kappa shape index (κ2) is 10.9. The Bertz CT molecular complexity index is 1560. The number of hydrogen-bond donors (Lipinski definition) is 0. The first kappa shape index (κ1) is 29.1. The van der Waals surface area contributed by atoms with Crippen LogP contribution >= 0.6 is 0 Å². The van der Waals surface area contributed by atoms with Crippen molar-refractivity contribution in [3.8, 4) is 0 Å². The number of aryl methyl sites for hydroxylation is 1. The van der Waals surface area contributed by atoms with Crippen molar-refractivity contribution in [3.05, 3.63) is 82.8 Å². The van der Waals surface area contributed by atoms with Gasteiger partial charge in [-0.15, -0.1) is 0 Å². The summed E-state index contributed by atoms with van der Waals surface area (Å²) in [4.78, 5) is 38.2. The van der Waals surface area contributed by atoms with Crippen molar-refractivity contribution < 1.29 is 27.2 Å². The van der Waals surface area contributed by atoms with Crippen LogP contribution in [0, 0.1) is 18.7 Å². The molecule has 226 valence electrons. The third-order valence-corrected chi connectivity index (χ3v) is 8.88. The number of carbonyl (C=O) groups is 2. The summed E-state index contributed by atoms with van der Waals surface area (Å²) in [7, 11) is 3.61. The number of benzene rings is 2. The van der Waals surface area contributed by atoms with Crippen LogP contribution in [0.4, 0.5) is 34.8 Å². The molecule has 0 saturated carbocycles. The number of pyridine rings is 1. The highest BCUT2D eigenvalue weighted by molar-refractivity contribution is 6.10. The first-order valence-electron chi connectivity index (χ1n) is 14.4. The van der Waals surface area contributed by atoms with Crippen LogP contribution in [-0.2, 0) is 22.3 Å². The number of alkyl halides is 3.